The third-order valence-corrected chi connectivity index (χ3v) is 2.35. The van der Waals surface area contributed by atoms with Crippen molar-refractivity contribution in [1.82, 2.24) is 14.9 Å². The van der Waals surface area contributed by atoms with Gasteiger partial charge in [0.05, 0.1) is 18.2 Å². The molecule has 1 heterocycles. The van der Waals surface area contributed by atoms with Crippen LogP contribution in [0, 0.1) is 0 Å². The molecule has 1 aromatic rings. The summed E-state index contributed by atoms with van der Waals surface area (Å²) in [5.74, 6) is -0.784. The molecule has 1 unspecified atom stereocenters. The highest BCUT2D eigenvalue weighted by molar-refractivity contribution is 5.66. The van der Waals surface area contributed by atoms with Crippen LogP contribution in [-0.4, -0.2) is 39.5 Å². The van der Waals surface area contributed by atoms with E-state index in [0.717, 1.165) is 5.69 Å². The minimum absolute atomic E-state index is 0.0815. The number of carbonyl (C=O) groups is 1. The molecule has 0 aliphatic heterocycles. The van der Waals surface area contributed by atoms with Crippen LogP contribution in [0.4, 0.5) is 0 Å². The summed E-state index contributed by atoms with van der Waals surface area (Å²) in [7, 11) is 1.88. The summed E-state index contributed by atoms with van der Waals surface area (Å²) < 4.78 is 0. The van der Waals surface area contributed by atoms with Crippen molar-refractivity contribution in [2.75, 3.05) is 13.6 Å². The molecule has 1 rings (SSSR count). The van der Waals surface area contributed by atoms with Gasteiger partial charge in [-0.2, -0.15) is 0 Å². The van der Waals surface area contributed by atoms with Gasteiger partial charge < -0.3 is 5.11 Å². The van der Waals surface area contributed by atoms with Crippen molar-refractivity contribution in [3.8, 4) is 0 Å². The molecule has 0 amide bonds. The first-order valence-corrected chi connectivity index (χ1v) is 4.79. The fourth-order valence-corrected chi connectivity index (χ4v) is 1.22. The molecule has 0 saturated heterocycles. The van der Waals surface area contributed by atoms with Gasteiger partial charge in [0.1, 0.15) is 0 Å². The molecule has 1 N–H and O–H groups in total. The van der Waals surface area contributed by atoms with Gasteiger partial charge in [-0.1, -0.05) is 0 Å². The molecule has 82 valence electrons. The SMILES string of the molecule is CC(c1cnccn1)N(C)CCC(=O)O. The summed E-state index contributed by atoms with van der Waals surface area (Å²) in [6, 6.07) is 0.0815. The molecule has 1 aromatic heterocycles. The Hall–Kier alpha value is -1.49. The zero-order valence-electron chi connectivity index (χ0n) is 8.92. The van der Waals surface area contributed by atoms with Crippen LogP contribution in [0.25, 0.3) is 0 Å². The predicted octanol–water partition coefficient (Wildman–Crippen LogP) is 0.944. The van der Waals surface area contributed by atoms with Crippen LogP contribution in [0.2, 0.25) is 0 Å². The van der Waals surface area contributed by atoms with Crippen molar-refractivity contribution in [3.63, 3.8) is 0 Å². The second kappa shape index (κ2) is 5.41. The normalized spacial score (nSPS) is 12.7. The lowest BCUT2D eigenvalue weighted by molar-refractivity contribution is -0.137. The van der Waals surface area contributed by atoms with Gasteiger partial charge in [-0.25, -0.2) is 0 Å². The van der Waals surface area contributed by atoms with Crippen LogP contribution in [0.5, 0.6) is 0 Å². The Kier molecular flexibility index (Phi) is 4.17. The third-order valence-electron chi connectivity index (χ3n) is 2.35. The van der Waals surface area contributed by atoms with Crippen molar-refractivity contribution in [3.05, 3.63) is 24.3 Å². The van der Waals surface area contributed by atoms with Gasteiger partial charge in [-0.05, 0) is 14.0 Å². The number of aliphatic carboxylic acids is 1. The first-order valence-electron chi connectivity index (χ1n) is 4.79. The van der Waals surface area contributed by atoms with Crippen molar-refractivity contribution in [2.24, 2.45) is 0 Å². The van der Waals surface area contributed by atoms with E-state index in [9.17, 15) is 4.79 Å². The fraction of sp³-hybridized carbons (Fsp3) is 0.500. The Balaban J connectivity index is 2.53. The summed E-state index contributed by atoms with van der Waals surface area (Å²) in [5, 5.41) is 8.56. The monoisotopic (exact) mass is 209 g/mol. The molecule has 0 radical (unpaired) electrons. The Morgan fingerprint density at radius 1 is 1.60 bits per heavy atom. The van der Waals surface area contributed by atoms with E-state index in [0.29, 0.717) is 6.54 Å². The largest absolute Gasteiger partial charge is 0.481 e. The topological polar surface area (TPSA) is 66.3 Å². The minimum atomic E-state index is -0.784. The van der Waals surface area contributed by atoms with Crippen molar-refractivity contribution in [2.45, 2.75) is 19.4 Å². The number of aromatic nitrogens is 2. The molecule has 0 aliphatic rings. The maximum atomic E-state index is 10.4. The smallest absolute Gasteiger partial charge is 0.304 e. The van der Waals surface area contributed by atoms with Crippen LogP contribution in [0.1, 0.15) is 25.1 Å². The summed E-state index contributed by atoms with van der Waals surface area (Å²) >= 11 is 0. The van der Waals surface area contributed by atoms with E-state index in [4.69, 9.17) is 5.11 Å². The number of carboxylic acids is 1. The van der Waals surface area contributed by atoms with Gasteiger partial charge in [-0.3, -0.25) is 19.7 Å². The van der Waals surface area contributed by atoms with Crippen LogP contribution < -0.4 is 0 Å². The average Bonchev–Trinajstić information content (AvgIpc) is 2.26. The molecule has 0 saturated carbocycles. The van der Waals surface area contributed by atoms with Crippen LogP contribution in [0.15, 0.2) is 18.6 Å². The standard InChI is InChI=1S/C10H15N3O2/c1-8(9-7-11-4-5-12-9)13(2)6-3-10(14)15/h4-5,7-8H,3,6H2,1-2H3,(H,14,15). The zero-order chi connectivity index (χ0) is 11.3. The highest BCUT2D eigenvalue weighted by Gasteiger charge is 2.13. The molecule has 5 heteroatoms. The van der Waals surface area contributed by atoms with Crippen molar-refractivity contribution >= 4 is 5.97 Å². The Bertz CT molecular complexity index is 316. The van der Waals surface area contributed by atoms with Crippen LogP contribution in [0.3, 0.4) is 0 Å². The van der Waals surface area contributed by atoms with Gasteiger partial charge in [-0.15, -0.1) is 0 Å². The molecule has 15 heavy (non-hydrogen) atoms. The van der Waals surface area contributed by atoms with Gasteiger partial charge in [0.25, 0.3) is 0 Å². The maximum absolute atomic E-state index is 10.4. The Morgan fingerprint density at radius 3 is 2.87 bits per heavy atom. The highest BCUT2D eigenvalue weighted by atomic mass is 16.4. The first-order chi connectivity index (χ1) is 7.11. The quantitative estimate of drug-likeness (QED) is 0.781. The second-order valence-electron chi connectivity index (χ2n) is 3.43. The lowest BCUT2D eigenvalue weighted by Gasteiger charge is -2.22. The van der Waals surface area contributed by atoms with Gasteiger partial charge >= 0.3 is 5.97 Å². The highest BCUT2D eigenvalue weighted by Crippen LogP contribution is 2.14. The van der Waals surface area contributed by atoms with E-state index in [1.54, 1.807) is 18.6 Å². The van der Waals surface area contributed by atoms with E-state index < -0.39 is 5.97 Å². The average molecular weight is 209 g/mol. The number of hydrogen-bond donors (Lipinski definition) is 1. The Labute approximate surface area is 88.8 Å². The number of nitrogens with zero attached hydrogens (tertiary/aromatic N) is 3. The third kappa shape index (κ3) is 3.63. The summed E-state index contributed by atoms with van der Waals surface area (Å²) in [6.45, 7) is 2.49. The lowest BCUT2D eigenvalue weighted by Crippen LogP contribution is -2.25. The van der Waals surface area contributed by atoms with Crippen LogP contribution in [-0.2, 0) is 4.79 Å². The molecule has 0 bridgehead atoms. The van der Waals surface area contributed by atoms with E-state index in [1.807, 2.05) is 18.9 Å². The molecular formula is C10H15N3O2. The fourth-order valence-electron chi connectivity index (χ4n) is 1.22. The van der Waals surface area contributed by atoms with Crippen LogP contribution >= 0.6 is 0 Å². The summed E-state index contributed by atoms with van der Waals surface area (Å²) in [6.07, 6.45) is 5.09. The lowest BCUT2D eigenvalue weighted by atomic mass is 10.2. The summed E-state index contributed by atoms with van der Waals surface area (Å²) in [4.78, 5) is 20.5. The minimum Gasteiger partial charge on any atom is -0.481 e. The van der Waals surface area contributed by atoms with Gasteiger partial charge in [0, 0.05) is 25.1 Å². The van der Waals surface area contributed by atoms with E-state index in [-0.39, 0.29) is 12.5 Å². The number of rotatable bonds is 5. The van der Waals surface area contributed by atoms with E-state index >= 15 is 0 Å². The molecule has 5 nitrogen and oxygen atoms in total. The predicted molar refractivity (Wildman–Crippen MR) is 55.3 cm³/mol. The summed E-state index contributed by atoms with van der Waals surface area (Å²) in [5.41, 5.74) is 0.852. The zero-order valence-corrected chi connectivity index (χ0v) is 8.92. The van der Waals surface area contributed by atoms with E-state index in [2.05, 4.69) is 9.97 Å². The maximum Gasteiger partial charge on any atom is 0.304 e. The number of carboxylic acid groups (broad SMARTS) is 1. The Morgan fingerprint density at radius 2 is 2.33 bits per heavy atom. The van der Waals surface area contributed by atoms with Gasteiger partial charge in [0.15, 0.2) is 0 Å². The molecular weight excluding hydrogens is 194 g/mol. The van der Waals surface area contributed by atoms with E-state index in [1.165, 1.54) is 0 Å². The molecule has 0 fully saturated rings. The molecule has 1 atom stereocenters. The van der Waals surface area contributed by atoms with Crippen molar-refractivity contribution in [1.29, 1.82) is 0 Å². The first kappa shape index (κ1) is 11.6. The number of hydrogen-bond acceptors (Lipinski definition) is 4. The molecule has 0 spiro atoms. The second-order valence-corrected chi connectivity index (χ2v) is 3.43. The van der Waals surface area contributed by atoms with Crippen molar-refractivity contribution < 1.29 is 9.90 Å². The molecule has 0 aromatic carbocycles. The molecule has 0 aliphatic carbocycles. The van der Waals surface area contributed by atoms with Gasteiger partial charge in [0.2, 0.25) is 0 Å².